The van der Waals surface area contributed by atoms with Crippen LogP contribution in [0.2, 0.25) is 0 Å². The summed E-state index contributed by atoms with van der Waals surface area (Å²) in [5, 5.41) is 18.6. The van der Waals surface area contributed by atoms with Crippen LogP contribution in [0.5, 0.6) is 5.75 Å². The fourth-order valence-electron chi connectivity index (χ4n) is 5.04. The Labute approximate surface area is 216 Å². The summed E-state index contributed by atoms with van der Waals surface area (Å²) < 4.78 is 55.6. The number of hydrogen-bond donors (Lipinski definition) is 2. The quantitative estimate of drug-likeness (QED) is 0.556. The van der Waals surface area contributed by atoms with Crippen LogP contribution in [0.1, 0.15) is 64.3 Å². The van der Waals surface area contributed by atoms with E-state index in [2.05, 4.69) is 10.1 Å². The van der Waals surface area contributed by atoms with Crippen molar-refractivity contribution in [3.05, 3.63) is 35.5 Å². The molecule has 1 aliphatic heterocycles. The second-order valence-corrected chi connectivity index (χ2v) is 13.4. The van der Waals surface area contributed by atoms with Gasteiger partial charge in [-0.05, 0) is 65.5 Å². The fourth-order valence-corrected chi connectivity index (χ4v) is 6.77. The number of aromatic nitrogens is 2. The Morgan fingerprint density at radius 3 is 2.59 bits per heavy atom. The van der Waals surface area contributed by atoms with Gasteiger partial charge in [-0.15, -0.1) is 0 Å². The smallest absolute Gasteiger partial charge is 0.387 e. The monoisotopic (exact) mass is 539 g/mol. The number of halogens is 2. The zero-order chi connectivity index (χ0) is 27.2. The third kappa shape index (κ3) is 6.14. The lowest BCUT2D eigenvalue weighted by Crippen LogP contribution is -2.53. The number of nitrogens with zero attached hydrogens (tertiary/aromatic N) is 2. The van der Waals surface area contributed by atoms with Gasteiger partial charge >= 0.3 is 6.61 Å². The lowest BCUT2D eigenvalue weighted by molar-refractivity contribution is -0.127. The average Bonchev–Trinajstić information content (AvgIpc) is 3.19. The van der Waals surface area contributed by atoms with Crippen molar-refractivity contribution in [2.75, 3.05) is 11.5 Å². The summed E-state index contributed by atoms with van der Waals surface area (Å²) in [6, 6.07) is 5.96. The molecule has 4 rings (SSSR count). The molecule has 0 bridgehead atoms. The second-order valence-electron chi connectivity index (χ2n) is 11.1. The predicted octanol–water partition coefficient (Wildman–Crippen LogP) is 3.67. The minimum atomic E-state index is -3.05. The SMILES string of the molecule is CC(n1nc(-c2cccc(OC(F)F)c2)c2c1C[C@H](C(=O)NC1(C)CCS(=O)(=O)CC1)CC2)C(C)(C)O. The van der Waals surface area contributed by atoms with E-state index in [0.29, 0.717) is 43.4 Å². The first-order valence-corrected chi connectivity index (χ1v) is 14.4. The highest BCUT2D eigenvalue weighted by atomic mass is 32.2. The molecule has 8 nitrogen and oxygen atoms in total. The van der Waals surface area contributed by atoms with Crippen LogP contribution in [0, 0.1) is 5.92 Å². The number of benzene rings is 1. The van der Waals surface area contributed by atoms with Crippen LogP contribution in [0.3, 0.4) is 0 Å². The van der Waals surface area contributed by atoms with E-state index in [4.69, 9.17) is 5.10 Å². The predicted molar refractivity (Wildman–Crippen MR) is 135 cm³/mol. The van der Waals surface area contributed by atoms with Gasteiger partial charge in [-0.1, -0.05) is 12.1 Å². The molecule has 0 radical (unpaired) electrons. The maximum absolute atomic E-state index is 13.3. The lowest BCUT2D eigenvalue weighted by atomic mass is 9.83. The minimum Gasteiger partial charge on any atom is -0.435 e. The summed E-state index contributed by atoms with van der Waals surface area (Å²) in [6.07, 6.45) is 2.28. The van der Waals surface area contributed by atoms with Gasteiger partial charge in [-0.25, -0.2) is 8.42 Å². The van der Waals surface area contributed by atoms with E-state index in [9.17, 15) is 27.1 Å². The Morgan fingerprint density at radius 2 is 1.97 bits per heavy atom. The molecule has 1 aromatic heterocycles. The van der Waals surface area contributed by atoms with Crippen molar-refractivity contribution in [1.29, 1.82) is 0 Å². The van der Waals surface area contributed by atoms with Gasteiger partial charge in [0.1, 0.15) is 15.6 Å². The Bertz CT molecular complexity index is 1260. The number of sulfone groups is 1. The lowest BCUT2D eigenvalue weighted by Gasteiger charge is -2.36. The molecular weight excluding hydrogens is 504 g/mol. The van der Waals surface area contributed by atoms with Crippen molar-refractivity contribution in [2.24, 2.45) is 5.92 Å². The first-order valence-electron chi connectivity index (χ1n) is 12.6. The first-order chi connectivity index (χ1) is 17.2. The molecule has 1 amide bonds. The van der Waals surface area contributed by atoms with Gasteiger partial charge in [0.05, 0.1) is 28.8 Å². The average molecular weight is 540 g/mol. The summed E-state index contributed by atoms with van der Waals surface area (Å²) in [5.74, 6) is -0.306. The Balaban J connectivity index is 1.63. The molecule has 0 saturated carbocycles. The summed E-state index contributed by atoms with van der Waals surface area (Å²) in [4.78, 5) is 13.3. The number of nitrogens with one attached hydrogen (secondary N) is 1. The van der Waals surface area contributed by atoms with E-state index < -0.39 is 33.6 Å². The van der Waals surface area contributed by atoms with Crippen LogP contribution < -0.4 is 10.1 Å². The zero-order valence-electron chi connectivity index (χ0n) is 21.6. The van der Waals surface area contributed by atoms with E-state index in [1.807, 2.05) is 13.8 Å². The number of hydrogen-bond acceptors (Lipinski definition) is 6. The van der Waals surface area contributed by atoms with E-state index in [1.54, 1.807) is 30.7 Å². The van der Waals surface area contributed by atoms with Crippen molar-refractivity contribution in [3.8, 4) is 17.0 Å². The van der Waals surface area contributed by atoms with E-state index in [-0.39, 0.29) is 29.1 Å². The van der Waals surface area contributed by atoms with Crippen molar-refractivity contribution < 1.29 is 31.8 Å². The van der Waals surface area contributed by atoms with Crippen molar-refractivity contribution in [2.45, 2.75) is 83.6 Å². The second kappa shape index (κ2) is 9.98. The fraction of sp³-hybridized carbons (Fsp3) is 0.615. The van der Waals surface area contributed by atoms with E-state index in [1.165, 1.54) is 12.1 Å². The Morgan fingerprint density at radius 1 is 1.30 bits per heavy atom. The molecule has 1 aromatic carbocycles. The zero-order valence-corrected chi connectivity index (χ0v) is 22.4. The number of carbonyl (C=O) groups excluding carboxylic acids is 1. The summed E-state index contributed by atoms with van der Waals surface area (Å²) in [6.45, 7) is 4.17. The number of carbonyl (C=O) groups is 1. The van der Waals surface area contributed by atoms with Crippen LogP contribution in [0.15, 0.2) is 24.3 Å². The number of ether oxygens (including phenoxy) is 1. The molecule has 2 aliphatic rings. The Kier molecular flexibility index (Phi) is 7.42. The standard InChI is InChI=1S/C26H35F2N3O5S/c1-16(25(2,3)33)31-21-15-18(23(32)29-26(4)10-12-37(34,35)13-11-26)8-9-20(21)22(30-31)17-6-5-7-19(14-17)36-24(27)28/h5-7,14,16,18,24,33H,8-13,15H2,1-4H3,(H,29,32)/t16?,18-/m1/s1. The van der Waals surface area contributed by atoms with Crippen LogP contribution in [0.25, 0.3) is 11.3 Å². The molecule has 2 aromatic rings. The minimum absolute atomic E-state index is 0.0298. The molecule has 1 fully saturated rings. The summed E-state index contributed by atoms with van der Waals surface area (Å²) in [7, 11) is -3.05. The number of alkyl halides is 2. The molecule has 1 saturated heterocycles. The summed E-state index contributed by atoms with van der Waals surface area (Å²) in [5.41, 5.74) is 1.31. The largest absolute Gasteiger partial charge is 0.435 e. The normalized spacial score (nSPS) is 21.8. The molecule has 1 unspecified atom stereocenters. The van der Waals surface area contributed by atoms with E-state index >= 15 is 0 Å². The van der Waals surface area contributed by atoms with Crippen LogP contribution >= 0.6 is 0 Å². The maximum atomic E-state index is 13.3. The molecule has 1 aliphatic carbocycles. The van der Waals surface area contributed by atoms with Gasteiger partial charge < -0.3 is 15.2 Å². The maximum Gasteiger partial charge on any atom is 0.387 e. The third-order valence-corrected chi connectivity index (χ3v) is 9.40. The molecule has 2 N–H and O–H groups in total. The molecule has 37 heavy (non-hydrogen) atoms. The molecule has 204 valence electrons. The molecule has 2 heterocycles. The Hall–Kier alpha value is -2.53. The number of aliphatic hydroxyl groups is 1. The molecular formula is C26H35F2N3O5S. The number of rotatable bonds is 7. The van der Waals surface area contributed by atoms with Gasteiger partial charge in [0.2, 0.25) is 5.91 Å². The highest BCUT2D eigenvalue weighted by molar-refractivity contribution is 7.91. The van der Waals surface area contributed by atoms with Gasteiger partial charge in [0.25, 0.3) is 0 Å². The third-order valence-electron chi connectivity index (χ3n) is 7.75. The van der Waals surface area contributed by atoms with E-state index in [0.717, 1.165) is 11.3 Å². The van der Waals surface area contributed by atoms with Crippen molar-refractivity contribution >= 4 is 15.7 Å². The van der Waals surface area contributed by atoms with Gasteiger partial charge in [0, 0.05) is 34.7 Å². The highest BCUT2D eigenvalue weighted by Crippen LogP contribution is 2.38. The summed E-state index contributed by atoms with van der Waals surface area (Å²) >= 11 is 0. The first kappa shape index (κ1) is 27.5. The topological polar surface area (TPSA) is 111 Å². The molecule has 2 atom stereocenters. The highest BCUT2D eigenvalue weighted by Gasteiger charge is 2.39. The van der Waals surface area contributed by atoms with Crippen LogP contribution in [0.4, 0.5) is 8.78 Å². The number of fused-ring (bicyclic) bond motifs is 1. The van der Waals surface area contributed by atoms with Crippen molar-refractivity contribution in [3.63, 3.8) is 0 Å². The van der Waals surface area contributed by atoms with Gasteiger partial charge in [-0.2, -0.15) is 13.9 Å². The van der Waals surface area contributed by atoms with Gasteiger partial charge in [-0.3, -0.25) is 9.48 Å². The number of amides is 1. The molecule has 0 spiro atoms. The van der Waals surface area contributed by atoms with Crippen LogP contribution in [-0.4, -0.2) is 58.5 Å². The van der Waals surface area contributed by atoms with Gasteiger partial charge in [0.15, 0.2) is 0 Å². The molecule has 11 heteroatoms. The van der Waals surface area contributed by atoms with Crippen LogP contribution in [-0.2, 0) is 27.5 Å². The van der Waals surface area contributed by atoms with Crippen molar-refractivity contribution in [1.82, 2.24) is 15.1 Å².